The Labute approximate surface area is 104 Å². The minimum absolute atomic E-state index is 0.291. The van der Waals surface area contributed by atoms with Gasteiger partial charge < -0.3 is 0 Å². The van der Waals surface area contributed by atoms with Crippen LogP contribution < -0.4 is 5.43 Å². The molecule has 2 atom stereocenters. The first-order valence-electron chi connectivity index (χ1n) is 6.03. The molecule has 3 nitrogen and oxygen atoms in total. The second-order valence-electron chi connectivity index (χ2n) is 4.69. The second kappa shape index (κ2) is 4.37. The average Bonchev–Trinajstić information content (AvgIpc) is 2.71. The SMILES string of the molecule is O=C(N/N=C1\C[C@@H]2C=CC[C@H]12)c1cccc(F)c1. The van der Waals surface area contributed by atoms with Crippen molar-refractivity contribution in [2.75, 3.05) is 0 Å². The highest BCUT2D eigenvalue weighted by molar-refractivity contribution is 5.98. The molecule has 1 N–H and O–H groups in total. The maximum absolute atomic E-state index is 13.0. The van der Waals surface area contributed by atoms with E-state index >= 15 is 0 Å². The van der Waals surface area contributed by atoms with Crippen molar-refractivity contribution in [2.24, 2.45) is 16.9 Å². The summed E-state index contributed by atoms with van der Waals surface area (Å²) in [7, 11) is 0. The highest BCUT2D eigenvalue weighted by atomic mass is 19.1. The van der Waals surface area contributed by atoms with Gasteiger partial charge in [-0.2, -0.15) is 5.10 Å². The summed E-state index contributed by atoms with van der Waals surface area (Å²) < 4.78 is 13.0. The lowest BCUT2D eigenvalue weighted by Crippen LogP contribution is -2.35. The number of allylic oxidation sites excluding steroid dienone is 2. The summed E-state index contributed by atoms with van der Waals surface area (Å²) in [6, 6.07) is 5.59. The van der Waals surface area contributed by atoms with Crippen molar-refractivity contribution in [3.8, 4) is 0 Å². The fraction of sp³-hybridized carbons (Fsp3) is 0.286. The van der Waals surface area contributed by atoms with E-state index in [1.807, 2.05) is 0 Å². The molecule has 4 heteroatoms. The molecule has 1 fully saturated rings. The summed E-state index contributed by atoms with van der Waals surface area (Å²) in [6.45, 7) is 0. The van der Waals surface area contributed by atoms with Crippen LogP contribution in [0, 0.1) is 17.7 Å². The van der Waals surface area contributed by atoms with Gasteiger partial charge in [-0.3, -0.25) is 4.79 Å². The van der Waals surface area contributed by atoms with Gasteiger partial charge >= 0.3 is 0 Å². The van der Waals surface area contributed by atoms with Crippen LogP contribution in [0.4, 0.5) is 4.39 Å². The minimum Gasteiger partial charge on any atom is -0.267 e. The Kier molecular flexibility index (Phi) is 2.70. The predicted molar refractivity (Wildman–Crippen MR) is 66.7 cm³/mol. The quantitative estimate of drug-likeness (QED) is 0.630. The first-order valence-corrected chi connectivity index (χ1v) is 6.03. The average molecular weight is 244 g/mol. The van der Waals surface area contributed by atoms with Gasteiger partial charge in [0.1, 0.15) is 5.82 Å². The molecule has 3 rings (SSSR count). The lowest BCUT2D eigenvalue weighted by atomic mass is 9.74. The molecule has 0 aliphatic heterocycles. The van der Waals surface area contributed by atoms with Crippen molar-refractivity contribution < 1.29 is 9.18 Å². The fourth-order valence-corrected chi connectivity index (χ4v) is 2.48. The van der Waals surface area contributed by atoms with E-state index in [-0.39, 0.29) is 5.91 Å². The number of nitrogens with one attached hydrogen (secondary N) is 1. The zero-order valence-corrected chi connectivity index (χ0v) is 9.77. The van der Waals surface area contributed by atoms with Crippen LogP contribution in [0.1, 0.15) is 23.2 Å². The molecular weight excluding hydrogens is 231 g/mol. The third-order valence-electron chi connectivity index (χ3n) is 3.55. The molecule has 2 aliphatic carbocycles. The van der Waals surface area contributed by atoms with Crippen LogP contribution in [-0.2, 0) is 0 Å². The Morgan fingerprint density at radius 3 is 3.11 bits per heavy atom. The molecule has 0 aromatic heterocycles. The summed E-state index contributed by atoms with van der Waals surface area (Å²) in [5, 5.41) is 4.13. The van der Waals surface area contributed by atoms with Crippen LogP contribution in [0.25, 0.3) is 0 Å². The van der Waals surface area contributed by atoms with Crippen LogP contribution in [-0.4, -0.2) is 11.6 Å². The lowest BCUT2D eigenvalue weighted by molar-refractivity contribution is 0.0953. The van der Waals surface area contributed by atoms with Crippen molar-refractivity contribution in [1.82, 2.24) is 5.43 Å². The molecule has 0 saturated heterocycles. The van der Waals surface area contributed by atoms with Crippen LogP contribution >= 0.6 is 0 Å². The first kappa shape index (κ1) is 11.1. The number of fused-ring (bicyclic) bond motifs is 1. The molecule has 1 aromatic carbocycles. The molecule has 1 aromatic rings. The number of amides is 1. The molecular formula is C14H13FN2O. The van der Waals surface area contributed by atoms with Gasteiger partial charge in [-0.05, 0) is 37.0 Å². The highest BCUT2D eigenvalue weighted by Crippen LogP contribution is 2.40. The first-order chi connectivity index (χ1) is 8.74. The summed E-state index contributed by atoms with van der Waals surface area (Å²) in [5.74, 6) is 0.294. The smallest absolute Gasteiger partial charge is 0.267 e. The maximum Gasteiger partial charge on any atom is 0.271 e. The monoisotopic (exact) mass is 244 g/mol. The van der Waals surface area contributed by atoms with Gasteiger partial charge in [0.2, 0.25) is 0 Å². The molecule has 0 bridgehead atoms. The van der Waals surface area contributed by atoms with E-state index in [0.717, 1.165) is 18.6 Å². The Morgan fingerprint density at radius 2 is 2.33 bits per heavy atom. The minimum atomic E-state index is -0.418. The van der Waals surface area contributed by atoms with Crippen molar-refractivity contribution in [2.45, 2.75) is 12.8 Å². The third-order valence-corrected chi connectivity index (χ3v) is 3.55. The largest absolute Gasteiger partial charge is 0.271 e. The van der Waals surface area contributed by atoms with Crippen LogP contribution in [0.15, 0.2) is 41.5 Å². The van der Waals surface area contributed by atoms with E-state index in [0.29, 0.717) is 17.4 Å². The number of hydrogen-bond donors (Lipinski definition) is 1. The Morgan fingerprint density at radius 1 is 1.44 bits per heavy atom. The molecule has 0 radical (unpaired) electrons. The number of benzene rings is 1. The van der Waals surface area contributed by atoms with Crippen molar-refractivity contribution in [3.05, 3.63) is 47.8 Å². The van der Waals surface area contributed by atoms with E-state index < -0.39 is 5.82 Å². The molecule has 1 amide bonds. The van der Waals surface area contributed by atoms with E-state index in [1.165, 1.54) is 18.2 Å². The van der Waals surface area contributed by atoms with E-state index in [2.05, 4.69) is 22.7 Å². The summed E-state index contributed by atoms with van der Waals surface area (Å²) in [5.41, 5.74) is 3.82. The summed E-state index contributed by atoms with van der Waals surface area (Å²) >= 11 is 0. The number of nitrogens with zero attached hydrogens (tertiary/aromatic N) is 1. The summed E-state index contributed by atoms with van der Waals surface area (Å²) in [6.07, 6.45) is 6.30. The lowest BCUT2D eigenvalue weighted by Gasteiger charge is -2.31. The zero-order chi connectivity index (χ0) is 12.5. The second-order valence-corrected chi connectivity index (χ2v) is 4.69. The fourth-order valence-electron chi connectivity index (χ4n) is 2.48. The third kappa shape index (κ3) is 1.94. The molecule has 2 aliphatic rings. The molecule has 0 unspecified atom stereocenters. The zero-order valence-electron chi connectivity index (χ0n) is 9.77. The number of carbonyl (C=O) groups is 1. The predicted octanol–water partition coefficient (Wildman–Crippen LogP) is 2.51. The molecule has 18 heavy (non-hydrogen) atoms. The standard InChI is InChI=1S/C14H13FN2O/c15-11-5-1-4-10(7-11)14(18)17-16-13-8-9-3-2-6-12(9)13/h1-5,7,9,12H,6,8H2,(H,17,18)/b16-13+/t9-,12-/m0/s1. The topological polar surface area (TPSA) is 41.5 Å². The Bertz CT molecular complexity index is 550. The van der Waals surface area contributed by atoms with Crippen LogP contribution in [0.2, 0.25) is 0 Å². The van der Waals surface area contributed by atoms with Crippen molar-refractivity contribution in [3.63, 3.8) is 0 Å². The van der Waals surface area contributed by atoms with Gasteiger partial charge in [0.05, 0.1) is 0 Å². The van der Waals surface area contributed by atoms with Crippen LogP contribution in [0.3, 0.4) is 0 Å². The number of halogens is 1. The van der Waals surface area contributed by atoms with Crippen molar-refractivity contribution >= 4 is 11.6 Å². The number of hydrazone groups is 1. The molecule has 92 valence electrons. The summed E-state index contributed by atoms with van der Waals surface area (Å²) in [4.78, 5) is 11.7. The van der Waals surface area contributed by atoms with E-state index in [1.54, 1.807) is 6.07 Å². The van der Waals surface area contributed by atoms with E-state index in [9.17, 15) is 9.18 Å². The number of hydrogen-bond acceptors (Lipinski definition) is 2. The van der Waals surface area contributed by atoms with Gasteiger partial charge in [0, 0.05) is 17.2 Å². The number of rotatable bonds is 2. The van der Waals surface area contributed by atoms with E-state index in [4.69, 9.17) is 0 Å². The molecule has 0 spiro atoms. The molecule has 1 saturated carbocycles. The normalized spacial score (nSPS) is 26.8. The molecule has 0 heterocycles. The van der Waals surface area contributed by atoms with Gasteiger partial charge in [-0.25, -0.2) is 9.82 Å². The van der Waals surface area contributed by atoms with Crippen LogP contribution in [0.5, 0.6) is 0 Å². The van der Waals surface area contributed by atoms with Crippen molar-refractivity contribution in [1.29, 1.82) is 0 Å². The van der Waals surface area contributed by atoms with Gasteiger partial charge in [0.25, 0.3) is 5.91 Å². The van der Waals surface area contributed by atoms with Gasteiger partial charge in [-0.15, -0.1) is 0 Å². The number of carbonyl (C=O) groups excluding carboxylic acids is 1. The van der Waals surface area contributed by atoms with Gasteiger partial charge in [0.15, 0.2) is 0 Å². The maximum atomic E-state index is 13.0. The van der Waals surface area contributed by atoms with Gasteiger partial charge in [-0.1, -0.05) is 18.2 Å². The Balaban J connectivity index is 1.64. The Hall–Kier alpha value is -1.97. The highest BCUT2D eigenvalue weighted by Gasteiger charge is 2.37.